The maximum atomic E-state index is 10.9. The zero-order chi connectivity index (χ0) is 13.7. The van der Waals surface area contributed by atoms with Crippen molar-refractivity contribution in [3.63, 3.8) is 0 Å². The van der Waals surface area contributed by atoms with Crippen molar-refractivity contribution in [2.75, 3.05) is 0 Å². The maximum absolute atomic E-state index is 10.9. The molecule has 1 heterocycles. The summed E-state index contributed by atoms with van der Waals surface area (Å²) in [6, 6.07) is 8.55. The summed E-state index contributed by atoms with van der Waals surface area (Å²) in [6.07, 6.45) is 3.93. The highest BCUT2D eigenvalue weighted by atomic mass is 16.4. The average molecular weight is 259 g/mol. The molecular weight excluding hydrogens is 246 g/mol. The molecular formula is C13H13N3O3. The fraction of sp³-hybridized carbons (Fsp3) is 0.154. The summed E-state index contributed by atoms with van der Waals surface area (Å²) in [5.74, 6) is -1.07. The number of benzene rings is 1. The largest absolute Gasteiger partial charge is 0.480 e. The molecule has 0 spiro atoms. The molecule has 19 heavy (non-hydrogen) atoms. The minimum absolute atomic E-state index is 0.195. The van der Waals surface area contributed by atoms with Crippen LogP contribution in [0, 0.1) is 0 Å². The fourth-order valence-corrected chi connectivity index (χ4v) is 1.72. The third kappa shape index (κ3) is 3.19. The lowest BCUT2D eigenvalue weighted by Gasteiger charge is -2.08. The van der Waals surface area contributed by atoms with E-state index in [9.17, 15) is 9.59 Å². The van der Waals surface area contributed by atoms with E-state index in [1.807, 2.05) is 30.3 Å². The molecule has 2 N–H and O–H groups in total. The third-order valence-electron chi connectivity index (χ3n) is 2.66. The molecule has 98 valence electrons. The summed E-state index contributed by atoms with van der Waals surface area (Å²) < 4.78 is 1.66. The summed E-state index contributed by atoms with van der Waals surface area (Å²) in [4.78, 5) is 21.3. The monoisotopic (exact) mass is 259 g/mol. The van der Waals surface area contributed by atoms with Crippen LogP contribution < -0.4 is 5.32 Å². The lowest BCUT2D eigenvalue weighted by Crippen LogP contribution is -2.37. The summed E-state index contributed by atoms with van der Waals surface area (Å²) in [5.41, 5.74) is 1.63. The Morgan fingerprint density at radius 1 is 1.42 bits per heavy atom. The van der Waals surface area contributed by atoms with Gasteiger partial charge >= 0.3 is 5.97 Å². The molecule has 1 unspecified atom stereocenters. The first-order valence-electron chi connectivity index (χ1n) is 5.72. The van der Waals surface area contributed by atoms with Gasteiger partial charge in [-0.25, -0.2) is 9.48 Å². The average Bonchev–Trinajstić information content (AvgIpc) is 2.88. The van der Waals surface area contributed by atoms with Crippen molar-refractivity contribution in [2.24, 2.45) is 0 Å². The van der Waals surface area contributed by atoms with Crippen molar-refractivity contribution in [3.8, 4) is 5.69 Å². The molecule has 1 aromatic carbocycles. The molecule has 0 saturated carbocycles. The number of carboxylic acid groups (broad SMARTS) is 1. The standard InChI is InChI=1S/C13H13N3O3/c17-9-14-12(13(18)19)6-10-7-15-16(8-10)11-4-2-1-3-5-11/h1-5,7-9,12H,6H2,(H,14,17)(H,18,19). The fourth-order valence-electron chi connectivity index (χ4n) is 1.72. The number of carbonyl (C=O) groups excluding carboxylic acids is 1. The van der Waals surface area contributed by atoms with Crippen molar-refractivity contribution < 1.29 is 14.7 Å². The number of aliphatic carboxylic acids is 1. The minimum atomic E-state index is -1.07. The second-order valence-corrected chi connectivity index (χ2v) is 4.01. The first kappa shape index (κ1) is 12.8. The van der Waals surface area contributed by atoms with Gasteiger partial charge in [-0.1, -0.05) is 18.2 Å². The number of carboxylic acids is 1. The Morgan fingerprint density at radius 3 is 2.79 bits per heavy atom. The number of hydrogen-bond donors (Lipinski definition) is 2. The molecule has 6 nitrogen and oxygen atoms in total. The van der Waals surface area contributed by atoms with Gasteiger partial charge in [0.15, 0.2) is 0 Å². The van der Waals surface area contributed by atoms with Crippen LogP contribution in [0.3, 0.4) is 0 Å². The van der Waals surface area contributed by atoms with Gasteiger partial charge in [0.2, 0.25) is 6.41 Å². The van der Waals surface area contributed by atoms with E-state index in [2.05, 4.69) is 10.4 Å². The summed E-state index contributed by atoms with van der Waals surface area (Å²) in [7, 11) is 0. The van der Waals surface area contributed by atoms with Crippen LogP contribution in [0.4, 0.5) is 0 Å². The molecule has 0 saturated heterocycles. The SMILES string of the molecule is O=CNC(Cc1cnn(-c2ccccc2)c1)C(=O)O. The highest BCUT2D eigenvalue weighted by molar-refractivity contribution is 5.76. The summed E-state index contributed by atoms with van der Waals surface area (Å²) >= 11 is 0. The van der Waals surface area contributed by atoms with Gasteiger partial charge in [0.05, 0.1) is 11.9 Å². The van der Waals surface area contributed by atoms with Crippen LogP contribution in [0.15, 0.2) is 42.7 Å². The lowest BCUT2D eigenvalue weighted by atomic mass is 10.1. The third-order valence-corrected chi connectivity index (χ3v) is 2.66. The number of carbonyl (C=O) groups is 2. The molecule has 0 aliphatic rings. The van der Waals surface area contributed by atoms with Crippen molar-refractivity contribution in [3.05, 3.63) is 48.3 Å². The Labute approximate surface area is 109 Å². The lowest BCUT2D eigenvalue weighted by molar-refractivity contribution is -0.140. The van der Waals surface area contributed by atoms with Crippen LogP contribution in [-0.2, 0) is 16.0 Å². The molecule has 1 amide bonds. The molecule has 0 fully saturated rings. The molecule has 2 rings (SSSR count). The van der Waals surface area contributed by atoms with Gasteiger partial charge in [-0.15, -0.1) is 0 Å². The van der Waals surface area contributed by atoms with Gasteiger partial charge in [0.25, 0.3) is 0 Å². The van der Waals surface area contributed by atoms with Gasteiger partial charge in [-0.2, -0.15) is 5.10 Å². The van der Waals surface area contributed by atoms with E-state index >= 15 is 0 Å². The molecule has 6 heteroatoms. The van der Waals surface area contributed by atoms with Crippen LogP contribution in [0.25, 0.3) is 5.69 Å². The van der Waals surface area contributed by atoms with E-state index in [1.165, 1.54) is 0 Å². The number of nitrogens with zero attached hydrogens (tertiary/aromatic N) is 2. The molecule has 0 aliphatic carbocycles. The highest BCUT2D eigenvalue weighted by Gasteiger charge is 2.17. The molecule has 0 aliphatic heterocycles. The quantitative estimate of drug-likeness (QED) is 0.745. The van der Waals surface area contributed by atoms with E-state index < -0.39 is 12.0 Å². The zero-order valence-electron chi connectivity index (χ0n) is 10.1. The number of hydrogen-bond acceptors (Lipinski definition) is 3. The van der Waals surface area contributed by atoms with Gasteiger partial charge < -0.3 is 10.4 Å². The van der Waals surface area contributed by atoms with Crippen LogP contribution in [0.5, 0.6) is 0 Å². The Morgan fingerprint density at radius 2 is 2.16 bits per heavy atom. The smallest absolute Gasteiger partial charge is 0.326 e. The van der Waals surface area contributed by atoms with Crippen LogP contribution in [0.1, 0.15) is 5.56 Å². The van der Waals surface area contributed by atoms with E-state index in [1.54, 1.807) is 17.1 Å². The summed E-state index contributed by atoms with van der Waals surface area (Å²) in [5, 5.41) is 15.4. The topological polar surface area (TPSA) is 84.2 Å². The predicted octanol–water partition coefficient (Wildman–Crippen LogP) is 0.614. The normalized spacial score (nSPS) is 11.8. The number of rotatable bonds is 6. The second kappa shape index (κ2) is 5.81. The number of nitrogens with one attached hydrogen (secondary N) is 1. The van der Waals surface area contributed by atoms with Gasteiger partial charge in [-0.3, -0.25) is 4.79 Å². The van der Waals surface area contributed by atoms with Crippen molar-refractivity contribution in [2.45, 2.75) is 12.5 Å². The Bertz CT molecular complexity index is 566. The van der Waals surface area contributed by atoms with Crippen LogP contribution in [-0.4, -0.2) is 33.3 Å². The first-order chi connectivity index (χ1) is 9.20. The number of para-hydroxylation sites is 1. The maximum Gasteiger partial charge on any atom is 0.326 e. The van der Waals surface area contributed by atoms with E-state index in [0.717, 1.165) is 11.3 Å². The molecule has 1 atom stereocenters. The second-order valence-electron chi connectivity index (χ2n) is 4.01. The van der Waals surface area contributed by atoms with Gasteiger partial charge in [0.1, 0.15) is 6.04 Å². The van der Waals surface area contributed by atoms with E-state index in [4.69, 9.17) is 5.11 Å². The van der Waals surface area contributed by atoms with Crippen molar-refractivity contribution in [1.82, 2.24) is 15.1 Å². The minimum Gasteiger partial charge on any atom is -0.480 e. The molecule has 2 aromatic rings. The van der Waals surface area contributed by atoms with Crippen molar-refractivity contribution in [1.29, 1.82) is 0 Å². The van der Waals surface area contributed by atoms with Crippen LogP contribution in [0.2, 0.25) is 0 Å². The highest BCUT2D eigenvalue weighted by Crippen LogP contribution is 2.09. The number of aromatic nitrogens is 2. The summed E-state index contributed by atoms with van der Waals surface area (Å²) in [6.45, 7) is 0. The first-order valence-corrected chi connectivity index (χ1v) is 5.72. The zero-order valence-corrected chi connectivity index (χ0v) is 10.1. The van der Waals surface area contributed by atoms with E-state index in [-0.39, 0.29) is 6.42 Å². The van der Waals surface area contributed by atoms with Crippen LogP contribution >= 0.6 is 0 Å². The molecule has 1 aromatic heterocycles. The van der Waals surface area contributed by atoms with Gasteiger partial charge in [-0.05, 0) is 17.7 Å². The predicted molar refractivity (Wildman–Crippen MR) is 67.9 cm³/mol. The Balaban J connectivity index is 2.13. The van der Waals surface area contributed by atoms with E-state index in [0.29, 0.717) is 6.41 Å². The molecule has 0 bridgehead atoms. The molecule has 0 radical (unpaired) electrons. The number of amides is 1. The Kier molecular flexibility index (Phi) is 3.92. The Hall–Kier alpha value is -2.63. The van der Waals surface area contributed by atoms with Crippen molar-refractivity contribution >= 4 is 12.4 Å². The van der Waals surface area contributed by atoms with Gasteiger partial charge in [0, 0.05) is 12.6 Å².